The minimum absolute atomic E-state index is 0.0412. The minimum Gasteiger partial charge on any atom is -0.355 e. The lowest BCUT2D eigenvalue weighted by atomic mass is 10.4. The van der Waals surface area contributed by atoms with Crippen molar-refractivity contribution in [2.24, 2.45) is 0 Å². The molecular formula is C8H15NO2S. The number of hydrogen-bond donors (Lipinski definition) is 1. The molecule has 1 N–H and O–H groups in total. The van der Waals surface area contributed by atoms with Gasteiger partial charge in [-0.15, -0.1) is 0 Å². The van der Waals surface area contributed by atoms with Crippen molar-refractivity contribution in [2.45, 2.75) is 26.7 Å². The summed E-state index contributed by atoms with van der Waals surface area (Å²) in [5.74, 6) is 0.720. The van der Waals surface area contributed by atoms with Gasteiger partial charge in [-0.2, -0.15) is 0 Å². The zero-order chi connectivity index (χ0) is 9.40. The second-order valence-corrected chi connectivity index (χ2v) is 3.43. The Morgan fingerprint density at radius 3 is 2.42 bits per heavy atom. The van der Waals surface area contributed by atoms with Gasteiger partial charge in [-0.05, 0) is 0 Å². The minimum atomic E-state index is 0.0412. The standard InChI is InChI=1S/C8H15NO2S/c1-3-7(10)9-5-6-12-8(11)4-2/h3-6H2,1-2H3,(H,9,10). The van der Waals surface area contributed by atoms with Crippen LogP contribution in [0.15, 0.2) is 0 Å². The molecule has 3 nitrogen and oxygen atoms in total. The third kappa shape index (κ3) is 6.22. The van der Waals surface area contributed by atoms with E-state index in [0.29, 0.717) is 25.1 Å². The summed E-state index contributed by atoms with van der Waals surface area (Å²) < 4.78 is 0. The zero-order valence-electron chi connectivity index (χ0n) is 7.55. The van der Waals surface area contributed by atoms with Crippen LogP contribution in [0.4, 0.5) is 0 Å². The summed E-state index contributed by atoms with van der Waals surface area (Å²) in [7, 11) is 0. The molecule has 0 radical (unpaired) electrons. The van der Waals surface area contributed by atoms with Crippen molar-refractivity contribution in [3.8, 4) is 0 Å². The normalized spacial score (nSPS) is 9.50. The average Bonchev–Trinajstić information content (AvgIpc) is 2.11. The molecule has 0 aromatic heterocycles. The third-order valence-electron chi connectivity index (χ3n) is 1.30. The first-order valence-corrected chi connectivity index (χ1v) is 5.11. The van der Waals surface area contributed by atoms with Crippen LogP contribution in [0.1, 0.15) is 26.7 Å². The smallest absolute Gasteiger partial charge is 0.219 e. The van der Waals surface area contributed by atoms with E-state index in [-0.39, 0.29) is 11.0 Å². The summed E-state index contributed by atoms with van der Waals surface area (Å²) in [6.07, 6.45) is 1.07. The van der Waals surface area contributed by atoms with E-state index in [2.05, 4.69) is 5.32 Å². The van der Waals surface area contributed by atoms with Crippen LogP contribution in [-0.4, -0.2) is 23.3 Å². The molecule has 0 aromatic rings. The average molecular weight is 189 g/mol. The van der Waals surface area contributed by atoms with Gasteiger partial charge in [0.25, 0.3) is 0 Å². The van der Waals surface area contributed by atoms with Crippen molar-refractivity contribution in [2.75, 3.05) is 12.3 Å². The summed E-state index contributed by atoms with van der Waals surface area (Å²) in [6.45, 7) is 4.22. The monoisotopic (exact) mass is 189 g/mol. The van der Waals surface area contributed by atoms with Crippen LogP contribution in [0.3, 0.4) is 0 Å². The van der Waals surface area contributed by atoms with Crippen molar-refractivity contribution in [1.29, 1.82) is 0 Å². The van der Waals surface area contributed by atoms with E-state index >= 15 is 0 Å². The van der Waals surface area contributed by atoms with E-state index in [1.165, 1.54) is 11.8 Å². The molecule has 70 valence electrons. The maximum atomic E-state index is 10.8. The van der Waals surface area contributed by atoms with E-state index < -0.39 is 0 Å². The molecule has 0 unspecified atom stereocenters. The molecule has 0 aliphatic carbocycles. The molecule has 0 aromatic carbocycles. The van der Waals surface area contributed by atoms with Gasteiger partial charge >= 0.3 is 0 Å². The molecule has 0 spiro atoms. The Morgan fingerprint density at radius 1 is 1.25 bits per heavy atom. The van der Waals surface area contributed by atoms with Gasteiger partial charge in [0.15, 0.2) is 5.12 Å². The van der Waals surface area contributed by atoms with Gasteiger partial charge in [-0.1, -0.05) is 25.6 Å². The molecule has 12 heavy (non-hydrogen) atoms. The molecule has 0 fully saturated rings. The maximum Gasteiger partial charge on any atom is 0.219 e. The molecule has 0 saturated heterocycles. The van der Waals surface area contributed by atoms with Gasteiger partial charge < -0.3 is 5.32 Å². The van der Waals surface area contributed by atoms with Crippen LogP contribution < -0.4 is 5.32 Å². The van der Waals surface area contributed by atoms with Crippen molar-refractivity contribution >= 4 is 22.8 Å². The second-order valence-electron chi connectivity index (χ2n) is 2.28. The van der Waals surface area contributed by atoms with Gasteiger partial charge in [0.2, 0.25) is 5.91 Å². The molecule has 0 aliphatic rings. The fourth-order valence-electron chi connectivity index (χ4n) is 0.582. The molecule has 4 heteroatoms. The van der Waals surface area contributed by atoms with Crippen molar-refractivity contribution in [1.82, 2.24) is 5.32 Å². The summed E-state index contributed by atoms with van der Waals surface area (Å²) in [4.78, 5) is 21.5. The van der Waals surface area contributed by atoms with Crippen molar-refractivity contribution < 1.29 is 9.59 Å². The number of rotatable bonds is 5. The quantitative estimate of drug-likeness (QED) is 0.661. The Morgan fingerprint density at radius 2 is 1.92 bits per heavy atom. The Bertz CT molecular complexity index is 141. The number of amides is 1. The fraction of sp³-hybridized carbons (Fsp3) is 0.750. The number of carbonyl (C=O) groups is 2. The SMILES string of the molecule is CCC(=O)NCCSC(=O)CC. The number of nitrogens with one attached hydrogen (secondary N) is 1. The molecule has 0 aliphatic heterocycles. The van der Waals surface area contributed by atoms with Crippen molar-refractivity contribution in [3.05, 3.63) is 0 Å². The van der Waals surface area contributed by atoms with Gasteiger partial charge in [0, 0.05) is 25.1 Å². The first kappa shape index (κ1) is 11.5. The summed E-state index contributed by atoms with van der Waals surface area (Å²) in [5, 5.41) is 2.88. The first-order valence-electron chi connectivity index (χ1n) is 4.13. The Kier molecular flexibility index (Phi) is 6.85. The van der Waals surface area contributed by atoms with Crippen LogP contribution >= 0.6 is 11.8 Å². The second kappa shape index (κ2) is 7.16. The molecule has 0 heterocycles. The van der Waals surface area contributed by atoms with Gasteiger partial charge in [0.1, 0.15) is 0 Å². The van der Waals surface area contributed by atoms with Crippen molar-refractivity contribution in [3.63, 3.8) is 0 Å². The van der Waals surface area contributed by atoms with Crippen LogP contribution in [0.5, 0.6) is 0 Å². The molecule has 1 amide bonds. The lowest BCUT2D eigenvalue weighted by Gasteiger charge is -2.01. The van der Waals surface area contributed by atoms with Gasteiger partial charge in [-0.3, -0.25) is 9.59 Å². The van der Waals surface area contributed by atoms with E-state index in [1.807, 2.05) is 6.92 Å². The number of thioether (sulfide) groups is 1. The molecule has 0 rings (SSSR count). The highest BCUT2D eigenvalue weighted by molar-refractivity contribution is 8.13. The lowest BCUT2D eigenvalue weighted by molar-refractivity contribution is -0.120. The lowest BCUT2D eigenvalue weighted by Crippen LogP contribution is -2.24. The number of hydrogen-bond acceptors (Lipinski definition) is 3. The zero-order valence-corrected chi connectivity index (χ0v) is 8.37. The Hall–Kier alpha value is -0.510. The van der Waals surface area contributed by atoms with Crippen LogP contribution in [0, 0.1) is 0 Å². The van der Waals surface area contributed by atoms with Gasteiger partial charge in [-0.25, -0.2) is 0 Å². The topological polar surface area (TPSA) is 46.2 Å². The molecule has 0 saturated carbocycles. The predicted octanol–water partition coefficient (Wildman–Crippen LogP) is 1.18. The molecule has 0 bridgehead atoms. The largest absolute Gasteiger partial charge is 0.355 e. The Balaban J connectivity index is 3.21. The van der Waals surface area contributed by atoms with Crippen LogP contribution in [0.25, 0.3) is 0 Å². The van der Waals surface area contributed by atoms with E-state index in [1.54, 1.807) is 6.92 Å². The molecule has 0 atom stereocenters. The van der Waals surface area contributed by atoms with E-state index in [0.717, 1.165) is 0 Å². The highest BCUT2D eigenvalue weighted by Crippen LogP contribution is 2.02. The Labute approximate surface area is 77.3 Å². The van der Waals surface area contributed by atoms with Crippen LogP contribution in [0.2, 0.25) is 0 Å². The summed E-state index contributed by atoms with van der Waals surface area (Å²) >= 11 is 1.28. The van der Waals surface area contributed by atoms with Gasteiger partial charge in [0.05, 0.1) is 0 Å². The maximum absolute atomic E-state index is 10.8. The van der Waals surface area contributed by atoms with E-state index in [9.17, 15) is 9.59 Å². The summed E-state index contributed by atoms with van der Waals surface area (Å²) in [6, 6.07) is 0. The highest BCUT2D eigenvalue weighted by atomic mass is 32.2. The van der Waals surface area contributed by atoms with Crippen LogP contribution in [-0.2, 0) is 9.59 Å². The third-order valence-corrected chi connectivity index (χ3v) is 2.32. The van der Waals surface area contributed by atoms with E-state index in [4.69, 9.17) is 0 Å². The number of carbonyl (C=O) groups excluding carboxylic acids is 2. The fourth-order valence-corrected chi connectivity index (χ4v) is 1.22. The first-order chi connectivity index (χ1) is 5.70. The predicted molar refractivity (Wildman–Crippen MR) is 51.1 cm³/mol. The summed E-state index contributed by atoms with van der Waals surface area (Å²) in [5.41, 5.74) is 0. The molecular weight excluding hydrogens is 174 g/mol. The highest BCUT2D eigenvalue weighted by Gasteiger charge is 1.99.